The smallest absolute Gasteiger partial charge is 0.245 e. The summed E-state index contributed by atoms with van der Waals surface area (Å²) in [7, 11) is 1.74. The number of carbonyl (C=O) groups is 1. The Hall–Kier alpha value is -0.650. The van der Waals surface area contributed by atoms with Gasteiger partial charge in [0.25, 0.3) is 0 Å². The maximum Gasteiger partial charge on any atom is 0.245 e. The quantitative estimate of drug-likeness (QED) is 0.613. The average Bonchev–Trinajstić information content (AvgIpc) is 2.18. The summed E-state index contributed by atoms with van der Waals surface area (Å²) in [5, 5.41) is 0. The van der Waals surface area contributed by atoms with Crippen LogP contribution in [0.25, 0.3) is 0 Å². The lowest BCUT2D eigenvalue weighted by molar-refractivity contribution is -0.126. The number of carbonyl (C=O) groups excluding carboxylic acids is 1. The van der Waals surface area contributed by atoms with E-state index in [1.807, 2.05) is 0 Å². The Kier molecular flexibility index (Phi) is 4.86. The minimum absolute atomic E-state index is 0.0653. The highest BCUT2D eigenvalue weighted by Crippen LogP contribution is 2.20. The number of amides is 1. The summed E-state index contributed by atoms with van der Waals surface area (Å²) >= 11 is 0. The second-order valence-corrected chi connectivity index (χ2v) is 3.58. The van der Waals surface area contributed by atoms with Gasteiger partial charge in [-0.25, -0.2) is 0 Å². The van der Waals surface area contributed by atoms with E-state index < -0.39 is 5.91 Å². The van der Waals surface area contributed by atoms with E-state index in [1.54, 1.807) is 7.11 Å². The number of hydrogen-bond acceptors (Lipinski definition) is 4. The second-order valence-electron chi connectivity index (χ2n) is 3.58. The fourth-order valence-corrected chi connectivity index (χ4v) is 1.65. The minimum Gasteiger partial charge on any atom is -0.381 e. The van der Waals surface area contributed by atoms with Crippen molar-refractivity contribution in [3.63, 3.8) is 0 Å². The standard InChI is InChI=1S/C9H18N2O3/c1-13-8-4-2-7(3-5-8)11-14-6-9(10)12/h7-8,11H,2-6H2,1H3,(H2,10,12). The molecule has 14 heavy (non-hydrogen) atoms. The fourth-order valence-electron chi connectivity index (χ4n) is 1.65. The van der Waals surface area contributed by atoms with Crippen molar-refractivity contribution in [3.8, 4) is 0 Å². The number of primary amides is 1. The lowest BCUT2D eigenvalue weighted by Gasteiger charge is -2.27. The Labute approximate surface area is 83.9 Å². The van der Waals surface area contributed by atoms with Crippen LogP contribution >= 0.6 is 0 Å². The molecule has 0 aromatic carbocycles. The third-order valence-corrected chi connectivity index (χ3v) is 2.47. The van der Waals surface area contributed by atoms with Crippen LogP contribution in [-0.4, -0.2) is 31.8 Å². The molecule has 0 aromatic rings. The van der Waals surface area contributed by atoms with Crippen LogP contribution < -0.4 is 11.2 Å². The second kappa shape index (κ2) is 5.95. The molecular weight excluding hydrogens is 184 g/mol. The number of nitrogens with one attached hydrogen (secondary N) is 1. The zero-order valence-corrected chi connectivity index (χ0v) is 8.49. The van der Waals surface area contributed by atoms with Gasteiger partial charge in [0, 0.05) is 13.2 Å². The Balaban J connectivity index is 2.07. The summed E-state index contributed by atoms with van der Waals surface area (Å²) in [5.74, 6) is -0.455. The number of hydroxylamine groups is 1. The number of nitrogens with two attached hydrogens (primary N) is 1. The highest BCUT2D eigenvalue weighted by molar-refractivity contribution is 5.74. The molecule has 5 nitrogen and oxygen atoms in total. The molecule has 0 radical (unpaired) electrons. The highest BCUT2D eigenvalue weighted by Gasteiger charge is 2.20. The third-order valence-electron chi connectivity index (χ3n) is 2.47. The van der Waals surface area contributed by atoms with E-state index in [4.69, 9.17) is 15.3 Å². The summed E-state index contributed by atoms with van der Waals surface area (Å²) in [5.41, 5.74) is 7.77. The first-order valence-electron chi connectivity index (χ1n) is 4.90. The van der Waals surface area contributed by atoms with Gasteiger partial charge in [-0.1, -0.05) is 0 Å². The number of hydrogen-bond donors (Lipinski definition) is 2. The van der Waals surface area contributed by atoms with Crippen molar-refractivity contribution >= 4 is 5.91 Å². The van der Waals surface area contributed by atoms with Gasteiger partial charge in [-0.15, -0.1) is 0 Å². The van der Waals surface area contributed by atoms with Gasteiger partial charge in [0.05, 0.1) is 6.10 Å². The molecule has 5 heteroatoms. The molecule has 0 bridgehead atoms. The number of ether oxygens (including phenoxy) is 1. The molecule has 1 amide bonds. The molecule has 0 spiro atoms. The average molecular weight is 202 g/mol. The fraction of sp³-hybridized carbons (Fsp3) is 0.889. The molecule has 0 aliphatic heterocycles. The third kappa shape index (κ3) is 4.04. The first-order valence-corrected chi connectivity index (χ1v) is 4.90. The highest BCUT2D eigenvalue weighted by atomic mass is 16.6. The van der Waals surface area contributed by atoms with Gasteiger partial charge in [0.2, 0.25) is 5.91 Å². The summed E-state index contributed by atoms with van der Waals surface area (Å²) in [4.78, 5) is 15.3. The van der Waals surface area contributed by atoms with Crippen molar-refractivity contribution < 1.29 is 14.4 Å². The lowest BCUT2D eigenvalue weighted by atomic mass is 9.94. The van der Waals surface area contributed by atoms with Crippen LogP contribution in [0.4, 0.5) is 0 Å². The number of methoxy groups -OCH3 is 1. The van der Waals surface area contributed by atoms with Crippen molar-refractivity contribution in [2.24, 2.45) is 5.73 Å². The van der Waals surface area contributed by atoms with E-state index in [0.717, 1.165) is 25.7 Å². The molecule has 0 unspecified atom stereocenters. The molecule has 1 rings (SSSR count). The SMILES string of the molecule is COC1CCC(NOCC(N)=O)CC1. The minimum atomic E-state index is -0.455. The van der Waals surface area contributed by atoms with Gasteiger partial charge in [0.15, 0.2) is 0 Å². The molecule has 82 valence electrons. The molecular formula is C9H18N2O3. The van der Waals surface area contributed by atoms with Gasteiger partial charge in [-0.2, -0.15) is 5.48 Å². The van der Waals surface area contributed by atoms with Gasteiger partial charge >= 0.3 is 0 Å². The first kappa shape index (κ1) is 11.4. The van der Waals surface area contributed by atoms with Crippen LogP contribution in [0.5, 0.6) is 0 Å². The summed E-state index contributed by atoms with van der Waals surface area (Å²) < 4.78 is 5.24. The van der Waals surface area contributed by atoms with Gasteiger partial charge in [-0.3, -0.25) is 9.63 Å². The zero-order valence-electron chi connectivity index (χ0n) is 8.49. The summed E-state index contributed by atoms with van der Waals surface area (Å²) in [6.07, 6.45) is 4.47. The van der Waals surface area contributed by atoms with Crippen molar-refractivity contribution in [1.82, 2.24) is 5.48 Å². The van der Waals surface area contributed by atoms with E-state index in [-0.39, 0.29) is 6.61 Å². The summed E-state index contributed by atoms with van der Waals surface area (Å²) in [6.45, 7) is -0.0653. The van der Waals surface area contributed by atoms with Crippen LogP contribution in [0.2, 0.25) is 0 Å². The molecule has 0 atom stereocenters. The molecule has 1 aliphatic rings. The summed E-state index contributed by atoms with van der Waals surface area (Å²) in [6, 6.07) is 0.320. The van der Waals surface area contributed by atoms with Crippen LogP contribution in [-0.2, 0) is 14.4 Å². The predicted octanol–water partition coefficient (Wildman–Crippen LogP) is -0.0495. The van der Waals surface area contributed by atoms with Gasteiger partial charge in [-0.05, 0) is 25.7 Å². The molecule has 0 aromatic heterocycles. The molecule has 1 saturated carbocycles. The van der Waals surface area contributed by atoms with Crippen LogP contribution in [0.1, 0.15) is 25.7 Å². The van der Waals surface area contributed by atoms with E-state index in [2.05, 4.69) is 5.48 Å². The van der Waals surface area contributed by atoms with E-state index in [0.29, 0.717) is 12.1 Å². The Morgan fingerprint density at radius 2 is 2.07 bits per heavy atom. The molecule has 0 saturated heterocycles. The lowest BCUT2D eigenvalue weighted by Crippen LogP contribution is -2.37. The Bertz CT molecular complexity index is 179. The monoisotopic (exact) mass is 202 g/mol. The number of rotatable bonds is 5. The normalized spacial score (nSPS) is 27.5. The molecule has 0 heterocycles. The van der Waals surface area contributed by atoms with E-state index >= 15 is 0 Å². The van der Waals surface area contributed by atoms with Crippen molar-refractivity contribution in [3.05, 3.63) is 0 Å². The first-order chi connectivity index (χ1) is 6.72. The van der Waals surface area contributed by atoms with Crippen LogP contribution in [0.15, 0.2) is 0 Å². The van der Waals surface area contributed by atoms with Crippen molar-refractivity contribution in [2.45, 2.75) is 37.8 Å². The largest absolute Gasteiger partial charge is 0.381 e. The van der Waals surface area contributed by atoms with Crippen molar-refractivity contribution in [1.29, 1.82) is 0 Å². The van der Waals surface area contributed by atoms with Crippen LogP contribution in [0, 0.1) is 0 Å². The predicted molar refractivity (Wildman–Crippen MR) is 51.3 cm³/mol. The van der Waals surface area contributed by atoms with Crippen LogP contribution in [0.3, 0.4) is 0 Å². The van der Waals surface area contributed by atoms with E-state index in [9.17, 15) is 4.79 Å². The van der Waals surface area contributed by atoms with E-state index in [1.165, 1.54) is 0 Å². The maximum atomic E-state index is 10.4. The topological polar surface area (TPSA) is 73.6 Å². The van der Waals surface area contributed by atoms with Gasteiger partial charge < -0.3 is 10.5 Å². The zero-order chi connectivity index (χ0) is 10.4. The molecule has 1 fully saturated rings. The molecule has 3 N–H and O–H groups in total. The van der Waals surface area contributed by atoms with Crippen molar-refractivity contribution in [2.75, 3.05) is 13.7 Å². The van der Waals surface area contributed by atoms with Gasteiger partial charge in [0.1, 0.15) is 6.61 Å². The Morgan fingerprint density at radius 3 is 2.57 bits per heavy atom. The Morgan fingerprint density at radius 1 is 1.43 bits per heavy atom. The molecule has 1 aliphatic carbocycles. The maximum absolute atomic E-state index is 10.4.